The molecule has 1 rings (SSSR count). The van der Waals surface area contributed by atoms with Gasteiger partial charge >= 0.3 is 0 Å². The Morgan fingerprint density at radius 1 is 1.17 bits per heavy atom. The predicted octanol–water partition coefficient (Wildman–Crippen LogP) is 3.52. The van der Waals surface area contributed by atoms with E-state index in [1.807, 2.05) is 0 Å². The Morgan fingerprint density at radius 3 is 2.33 bits per heavy atom. The average molecular weight is 254 g/mol. The molecule has 108 valence electrons. The lowest BCUT2D eigenvalue weighted by Gasteiger charge is -2.42. The van der Waals surface area contributed by atoms with Crippen LogP contribution in [0.3, 0.4) is 0 Å². The van der Waals surface area contributed by atoms with Gasteiger partial charge in [-0.15, -0.1) is 0 Å². The highest BCUT2D eigenvalue weighted by Crippen LogP contribution is 2.20. The van der Waals surface area contributed by atoms with Crippen LogP contribution >= 0.6 is 0 Å². The van der Waals surface area contributed by atoms with Crippen molar-refractivity contribution in [1.82, 2.24) is 10.2 Å². The van der Waals surface area contributed by atoms with Crippen molar-refractivity contribution in [3.05, 3.63) is 0 Å². The smallest absolute Gasteiger partial charge is 0.0223 e. The summed E-state index contributed by atoms with van der Waals surface area (Å²) >= 11 is 0. The molecule has 0 aliphatic carbocycles. The van der Waals surface area contributed by atoms with Crippen molar-refractivity contribution >= 4 is 0 Å². The van der Waals surface area contributed by atoms with Crippen molar-refractivity contribution in [2.75, 3.05) is 19.6 Å². The van der Waals surface area contributed by atoms with E-state index in [2.05, 4.69) is 44.8 Å². The van der Waals surface area contributed by atoms with E-state index in [1.54, 1.807) is 0 Å². The molecule has 0 aromatic heterocycles. The zero-order chi connectivity index (χ0) is 13.5. The van der Waals surface area contributed by atoms with Crippen molar-refractivity contribution in [3.63, 3.8) is 0 Å². The number of rotatable bonds is 7. The maximum atomic E-state index is 3.72. The van der Waals surface area contributed by atoms with Gasteiger partial charge in [0.25, 0.3) is 0 Å². The van der Waals surface area contributed by atoms with E-state index in [-0.39, 0.29) is 0 Å². The van der Waals surface area contributed by atoms with E-state index in [9.17, 15) is 0 Å². The van der Waals surface area contributed by atoms with Gasteiger partial charge in [0, 0.05) is 31.7 Å². The van der Waals surface area contributed by atoms with Gasteiger partial charge in [-0.2, -0.15) is 0 Å². The lowest BCUT2D eigenvalue weighted by molar-refractivity contribution is 0.0925. The largest absolute Gasteiger partial charge is 0.311 e. The summed E-state index contributed by atoms with van der Waals surface area (Å²) in [4.78, 5) is 2.78. The van der Waals surface area contributed by atoms with E-state index in [0.717, 1.165) is 17.9 Å². The summed E-state index contributed by atoms with van der Waals surface area (Å²) in [6, 6.07) is 1.47. The quantitative estimate of drug-likeness (QED) is 0.748. The SMILES string of the molecule is CCC(CC)CN1CC(CC)NCC1CC(C)C. The van der Waals surface area contributed by atoms with Crippen molar-refractivity contribution in [2.24, 2.45) is 11.8 Å². The standard InChI is InChI=1S/C16H34N2/c1-6-14(7-2)11-18-12-15(8-3)17-10-16(18)9-13(4)5/h13-17H,6-12H2,1-5H3. The lowest BCUT2D eigenvalue weighted by Crippen LogP contribution is -2.57. The van der Waals surface area contributed by atoms with Crippen LogP contribution < -0.4 is 5.32 Å². The Balaban J connectivity index is 2.58. The Morgan fingerprint density at radius 2 is 1.83 bits per heavy atom. The van der Waals surface area contributed by atoms with Crippen molar-refractivity contribution < 1.29 is 0 Å². The van der Waals surface area contributed by atoms with Crippen LogP contribution in [0.15, 0.2) is 0 Å². The summed E-state index contributed by atoms with van der Waals surface area (Å²) in [5.74, 6) is 1.69. The molecule has 1 fully saturated rings. The maximum absolute atomic E-state index is 3.72. The van der Waals surface area contributed by atoms with Gasteiger partial charge in [0.1, 0.15) is 0 Å². The van der Waals surface area contributed by atoms with Gasteiger partial charge < -0.3 is 5.32 Å². The first kappa shape index (κ1) is 16.0. The molecule has 2 heteroatoms. The summed E-state index contributed by atoms with van der Waals surface area (Å²) in [6.07, 6.45) is 5.24. The molecule has 1 N–H and O–H groups in total. The van der Waals surface area contributed by atoms with E-state index < -0.39 is 0 Å². The zero-order valence-corrected chi connectivity index (χ0v) is 13.2. The molecule has 2 nitrogen and oxygen atoms in total. The molecule has 0 amide bonds. The first-order chi connectivity index (χ1) is 8.60. The minimum absolute atomic E-state index is 0.711. The van der Waals surface area contributed by atoms with Gasteiger partial charge in [-0.1, -0.05) is 47.5 Å². The van der Waals surface area contributed by atoms with Crippen LogP contribution in [0.25, 0.3) is 0 Å². The third-order valence-corrected chi connectivity index (χ3v) is 4.50. The van der Waals surface area contributed by atoms with Crippen LogP contribution in [0, 0.1) is 11.8 Å². The molecule has 2 unspecified atom stereocenters. The number of hydrogen-bond acceptors (Lipinski definition) is 2. The Kier molecular flexibility index (Phi) is 7.25. The van der Waals surface area contributed by atoms with E-state index in [0.29, 0.717) is 6.04 Å². The average Bonchev–Trinajstić information content (AvgIpc) is 2.36. The first-order valence-corrected chi connectivity index (χ1v) is 8.07. The second-order valence-corrected chi connectivity index (χ2v) is 6.43. The van der Waals surface area contributed by atoms with Crippen molar-refractivity contribution in [1.29, 1.82) is 0 Å². The third-order valence-electron chi connectivity index (χ3n) is 4.50. The summed E-state index contributed by atoms with van der Waals surface area (Å²) in [5.41, 5.74) is 0. The predicted molar refractivity (Wildman–Crippen MR) is 81.0 cm³/mol. The van der Waals surface area contributed by atoms with Gasteiger partial charge in [0.15, 0.2) is 0 Å². The fourth-order valence-electron chi connectivity index (χ4n) is 3.08. The van der Waals surface area contributed by atoms with Gasteiger partial charge in [0.05, 0.1) is 0 Å². The van der Waals surface area contributed by atoms with E-state index >= 15 is 0 Å². The lowest BCUT2D eigenvalue weighted by atomic mass is 9.95. The molecular formula is C16H34N2. The topological polar surface area (TPSA) is 15.3 Å². The highest BCUT2D eigenvalue weighted by Gasteiger charge is 2.28. The molecule has 1 saturated heterocycles. The molecular weight excluding hydrogens is 220 g/mol. The number of hydrogen-bond donors (Lipinski definition) is 1. The van der Waals surface area contributed by atoms with E-state index in [1.165, 1.54) is 45.3 Å². The second kappa shape index (κ2) is 8.16. The van der Waals surface area contributed by atoms with Crippen LogP contribution in [0.2, 0.25) is 0 Å². The number of nitrogens with one attached hydrogen (secondary N) is 1. The monoisotopic (exact) mass is 254 g/mol. The molecule has 1 aliphatic heterocycles. The van der Waals surface area contributed by atoms with Crippen molar-refractivity contribution in [3.8, 4) is 0 Å². The summed E-state index contributed by atoms with van der Waals surface area (Å²) < 4.78 is 0. The molecule has 1 aliphatic rings. The maximum Gasteiger partial charge on any atom is 0.0223 e. The van der Waals surface area contributed by atoms with Crippen LogP contribution in [0.1, 0.15) is 60.3 Å². The van der Waals surface area contributed by atoms with E-state index in [4.69, 9.17) is 0 Å². The first-order valence-electron chi connectivity index (χ1n) is 8.07. The van der Waals surface area contributed by atoms with Gasteiger partial charge in [-0.3, -0.25) is 4.90 Å². The second-order valence-electron chi connectivity index (χ2n) is 6.43. The summed E-state index contributed by atoms with van der Waals surface area (Å²) in [6.45, 7) is 15.4. The highest BCUT2D eigenvalue weighted by molar-refractivity contribution is 4.87. The molecule has 0 saturated carbocycles. The van der Waals surface area contributed by atoms with Crippen molar-refractivity contribution in [2.45, 2.75) is 72.4 Å². The third kappa shape index (κ3) is 4.89. The molecule has 0 bridgehead atoms. The molecule has 0 spiro atoms. The van der Waals surface area contributed by atoms with Gasteiger partial charge in [-0.05, 0) is 24.7 Å². The normalized spacial score (nSPS) is 26.2. The molecule has 0 radical (unpaired) electrons. The Hall–Kier alpha value is -0.0800. The van der Waals surface area contributed by atoms with Crippen LogP contribution in [-0.4, -0.2) is 36.6 Å². The molecule has 0 aromatic rings. The fourth-order valence-corrected chi connectivity index (χ4v) is 3.08. The van der Waals surface area contributed by atoms with Crippen LogP contribution in [0.4, 0.5) is 0 Å². The number of nitrogens with zero attached hydrogens (tertiary/aromatic N) is 1. The summed E-state index contributed by atoms with van der Waals surface area (Å²) in [7, 11) is 0. The highest BCUT2D eigenvalue weighted by atomic mass is 15.2. The zero-order valence-electron chi connectivity index (χ0n) is 13.2. The Labute approximate surface area is 115 Å². The Bertz CT molecular complexity index is 211. The molecule has 18 heavy (non-hydrogen) atoms. The number of piperazine rings is 1. The molecule has 1 heterocycles. The molecule has 2 atom stereocenters. The minimum Gasteiger partial charge on any atom is -0.311 e. The molecule has 0 aromatic carbocycles. The van der Waals surface area contributed by atoms with Crippen LogP contribution in [-0.2, 0) is 0 Å². The van der Waals surface area contributed by atoms with Gasteiger partial charge in [0.2, 0.25) is 0 Å². The fraction of sp³-hybridized carbons (Fsp3) is 1.00. The van der Waals surface area contributed by atoms with Gasteiger partial charge in [-0.25, -0.2) is 0 Å². The minimum atomic E-state index is 0.711. The van der Waals surface area contributed by atoms with Crippen LogP contribution in [0.5, 0.6) is 0 Å². The summed E-state index contributed by atoms with van der Waals surface area (Å²) in [5, 5.41) is 3.72.